The number of hydrogen-bond donors (Lipinski definition) is 2. The van der Waals surface area contributed by atoms with E-state index in [1.165, 1.54) is 0 Å². The van der Waals surface area contributed by atoms with Crippen LogP contribution in [0.25, 0.3) is 0 Å². The number of halogens is 3. The van der Waals surface area contributed by atoms with Gasteiger partial charge in [-0.05, 0) is 23.8 Å². The summed E-state index contributed by atoms with van der Waals surface area (Å²) in [5.41, 5.74) is 5.90. The van der Waals surface area contributed by atoms with E-state index in [2.05, 4.69) is 21.2 Å². The Morgan fingerprint density at radius 1 is 1.25 bits per heavy atom. The van der Waals surface area contributed by atoms with Crippen LogP contribution in [-0.2, 0) is 11.2 Å². The number of anilines is 2. The van der Waals surface area contributed by atoms with E-state index in [1.54, 1.807) is 18.2 Å². The van der Waals surface area contributed by atoms with Crippen LogP contribution in [0.2, 0.25) is 0 Å². The molecular formula is C14H11BrF2N2O. The summed E-state index contributed by atoms with van der Waals surface area (Å²) in [7, 11) is 0. The molecule has 1 amide bonds. The minimum absolute atomic E-state index is 0.0652. The first kappa shape index (κ1) is 14.5. The Bertz CT molecular complexity index is 638. The number of rotatable bonds is 3. The van der Waals surface area contributed by atoms with Crippen LogP contribution in [0.4, 0.5) is 20.2 Å². The van der Waals surface area contributed by atoms with Crippen molar-refractivity contribution in [2.24, 2.45) is 0 Å². The predicted octanol–water partition coefficient (Wildman–Crippen LogP) is 3.49. The minimum Gasteiger partial charge on any atom is -0.397 e. The van der Waals surface area contributed by atoms with Crippen LogP contribution < -0.4 is 11.1 Å². The van der Waals surface area contributed by atoms with Crippen LogP contribution in [0.3, 0.4) is 0 Å². The molecule has 2 aromatic carbocycles. The van der Waals surface area contributed by atoms with Gasteiger partial charge in [0.2, 0.25) is 5.91 Å². The van der Waals surface area contributed by atoms with Crippen LogP contribution in [0.5, 0.6) is 0 Å². The highest BCUT2D eigenvalue weighted by Crippen LogP contribution is 2.24. The quantitative estimate of drug-likeness (QED) is 0.840. The van der Waals surface area contributed by atoms with Crippen LogP contribution in [-0.4, -0.2) is 5.91 Å². The van der Waals surface area contributed by atoms with E-state index in [0.717, 1.165) is 16.1 Å². The fourth-order valence-electron chi connectivity index (χ4n) is 1.74. The van der Waals surface area contributed by atoms with E-state index in [4.69, 9.17) is 5.73 Å². The summed E-state index contributed by atoms with van der Waals surface area (Å²) in [6, 6.07) is 8.81. The van der Waals surface area contributed by atoms with E-state index >= 15 is 0 Å². The molecule has 2 aromatic rings. The van der Waals surface area contributed by atoms with E-state index in [-0.39, 0.29) is 17.8 Å². The van der Waals surface area contributed by atoms with Gasteiger partial charge in [0.15, 0.2) is 5.82 Å². The van der Waals surface area contributed by atoms with Gasteiger partial charge in [0.1, 0.15) is 11.5 Å². The van der Waals surface area contributed by atoms with E-state index in [0.29, 0.717) is 6.07 Å². The highest BCUT2D eigenvalue weighted by Gasteiger charge is 2.12. The molecule has 0 aliphatic heterocycles. The van der Waals surface area contributed by atoms with Crippen molar-refractivity contribution < 1.29 is 13.6 Å². The van der Waals surface area contributed by atoms with Crippen molar-refractivity contribution in [3.63, 3.8) is 0 Å². The Morgan fingerprint density at radius 2 is 2.00 bits per heavy atom. The summed E-state index contributed by atoms with van der Waals surface area (Å²) in [4.78, 5) is 11.8. The molecule has 104 valence electrons. The first-order valence-electron chi connectivity index (χ1n) is 5.74. The van der Waals surface area contributed by atoms with Crippen LogP contribution in [0, 0.1) is 11.6 Å². The largest absolute Gasteiger partial charge is 0.397 e. The molecule has 0 aliphatic rings. The first-order valence-corrected chi connectivity index (χ1v) is 6.54. The van der Waals surface area contributed by atoms with Crippen molar-refractivity contribution in [1.82, 2.24) is 0 Å². The van der Waals surface area contributed by atoms with Crippen LogP contribution in [0.15, 0.2) is 40.9 Å². The molecule has 0 aromatic heterocycles. The number of benzene rings is 2. The van der Waals surface area contributed by atoms with Gasteiger partial charge in [-0.3, -0.25) is 4.79 Å². The molecule has 3 N–H and O–H groups in total. The standard InChI is InChI=1S/C14H11BrF2N2O/c15-9-3-1-2-8(4-9)5-13(20)19-14-11(17)6-10(16)7-12(14)18/h1-4,6-7H,5,18H2,(H,19,20). The van der Waals surface area contributed by atoms with Gasteiger partial charge in [-0.1, -0.05) is 28.1 Å². The summed E-state index contributed by atoms with van der Waals surface area (Å²) in [5.74, 6) is -2.12. The number of carbonyl (C=O) groups is 1. The second-order valence-electron chi connectivity index (χ2n) is 4.21. The van der Waals surface area contributed by atoms with Gasteiger partial charge in [-0.15, -0.1) is 0 Å². The molecule has 20 heavy (non-hydrogen) atoms. The molecular weight excluding hydrogens is 330 g/mol. The highest BCUT2D eigenvalue weighted by molar-refractivity contribution is 9.10. The second-order valence-corrected chi connectivity index (χ2v) is 5.12. The number of amides is 1. The lowest BCUT2D eigenvalue weighted by Gasteiger charge is -2.09. The van der Waals surface area contributed by atoms with Gasteiger partial charge in [-0.25, -0.2) is 8.78 Å². The Hall–Kier alpha value is -1.95. The molecule has 0 atom stereocenters. The molecule has 0 fully saturated rings. The highest BCUT2D eigenvalue weighted by atomic mass is 79.9. The van der Waals surface area contributed by atoms with Crippen molar-refractivity contribution in [3.05, 3.63) is 58.1 Å². The number of nitrogen functional groups attached to an aromatic ring is 1. The molecule has 0 bridgehead atoms. The van der Waals surface area contributed by atoms with Crippen LogP contribution >= 0.6 is 15.9 Å². The number of carbonyl (C=O) groups excluding carboxylic acids is 1. The fraction of sp³-hybridized carbons (Fsp3) is 0.0714. The average molecular weight is 341 g/mol. The normalized spacial score (nSPS) is 10.3. The second kappa shape index (κ2) is 6.00. The number of nitrogens with one attached hydrogen (secondary N) is 1. The molecule has 0 heterocycles. The summed E-state index contributed by atoms with van der Waals surface area (Å²) in [6.45, 7) is 0. The summed E-state index contributed by atoms with van der Waals surface area (Å²) >= 11 is 3.30. The number of hydrogen-bond acceptors (Lipinski definition) is 2. The summed E-state index contributed by atoms with van der Waals surface area (Å²) in [6.07, 6.45) is 0.0652. The Kier molecular flexibility index (Phi) is 4.34. The van der Waals surface area contributed by atoms with E-state index in [1.807, 2.05) is 6.07 Å². The van der Waals surface area contributed by atoms with Gasteiger partial charge in [0.25, 0.3) is 0 Å². The maximum Gasteiger partial charge on any atom is 0.228 e. The maximum atomic E-state index is 13.5. The van der Waals surface area contributed by atoms with Crippen LogP contribution in [0.1, 0.15) is 5.56 Å². The smallest absolute Gasteiger partial charge is 0.228 e. The molecule has 0 radical (unpaired) electrons. The molecule has 0 saturated carbocycles. The fourth-order valence-corrected chi connectivity index (χ4v) is 2.19. The van der Waals surface area contributed by atoms with Crippen molar-refractivity contribution >= 4 is 33.2 Å². The molecule has 0 aliphatic carbocycles. The Balaban J connectivity index is 2.13. The lowest BCUT2D eigenvalue weighted by Crippen LogP contribution is -2.16. The minimum atomic E-state index is -0.898. The third kappa shape index (κ3) is 3.54. The van der Waals surface area contributed by atoms with Gasteiger partial charge in [0.05, 0.1) is 12.1 Å². The zero-order valence-corrected chi connectivity index (χ0v) is 11.9. The Labute approximate surface area is 122 Å². The van der Waals surface area contributed by atoms with Gasteiger partial charge in [-0.2, -0.15) is 0 Å². The summed E-state index contributed by atoms with van der Waals surface area (Å²) in [5, 5.41) is 2.35. The van der Waals surface area contributed by atoms with Crippen molar-refractivity contribution in [1.29, 1.82) is 0 Å². The average Bonchev–Trinajstić information content (AvgIpc) is 2.33. The lowest BCUT2D eigenvalue weighted by atomic mass is 10.1. The summed E-state index contributed by atoms with van der Waals surface area (Å²) < 4.78 is 27.3. The monoisotopic (exact) mass is 340 g/mol. The van der Waals surface area contributed by atoms with E-state index < -0.39 is 17.5 Å². The van der Waals surface area contributed by atoms with E-state index in [9.17, 15) is 13.6 Å². The lowest BCUT2D eigenvalue weighted by molar-refractivity contribution is -0.115. The Morgan fingerprint density at radius 3 is 2.65 bits per heavy atom. The van der Waals surface area contributed by atoms with Gasteiger partial charge >= 0.3 is 0 Å². The first-order chi connectivity index (χ1) is 9.45. The zero-order chi connectivity index (χ0) is 14.7. The van der Waals surface area contributed by atoms with Crippen molar-refractivity contribution in [3.8, 4) is 0 Å². The van der Waals surface area contributed by atoms with Crippen molar-refractivity contribution in [2.75, 3.05) is 11.1 Å². The third-order valence-corrected chi connectivity index (χ3v) is 3.10. The van der Waals surface area contributed by atoms with Gasteiger partial charge < -0.3 is 11.1 Å². The molecule has 0 spiro atoms. The topological polar surface area (TPSA) is 55.1 Å². The molecule has 3 nitrogen and oxygen atoms in total. The SMILES string of the molecule is Nc1cc(F)cc(F)c1NC(=O)Cc1cccc(Br)c1. The molecule has 6 heteroatoms. The molecule has 2 rings (SSSR count). The number of nitrogens with two attached hydrogens (primary N) is 1. The zero-order valence-electron chi connectivity index (χ0n) is 10.3. The third-order valence-electron chi connectivity index (χ3n) is 2.60. The molecule has 0 saturated heterocycles. The van der Waals surface area contributed by atoms with Gasteiger partial charge in [0, 0.05) is 10.5 Å². The molecule has 0 unspecified atom stereocenters. The predicted molar refractivity (Wildman–Crippen MR) is 77.2 cm³/mol. The maximum absolute atomic E-state index is 13.5. The van der Waals surface area contributed by atoms with Crippen molar-refractivity contribution in [2.45, 2.75) is 6.42 Å².